The third-order valence-corrected chi connectivity index (χ3v) is 7.99. The monoisotopic (exact) mass is 525 g/mol. The molecule has 5 aromatic rings. The maximum atomic E-state index is 14.7. The van der Waals surface area contributed by atoms with Crippen LogP contribution in [-0.4, -0.2) is 27.1 Å². The van der Waals surface area contributed by atoms with Gasteiger partial charge in [-0.25, -0.2) is 18.2 Å². The first-order valence-corrected chi connectivity index (χ1v) is 13.3. The molecule has 0 aliphatic rings. The lowest BCUT2D eigenvalue weighted by atomic mass is 9.97. The van der Waals surface area contributed by atoms with Crippen LogP contribution in [0.15, 0.2) is 113 Å². The van der Waals surface area contributed by atoms with Crippen LogP contribution in [-0.2, 0) is 14.8 Å². The van der Waals surface area contributed by atoms with E-state index in [1.54, 1.807) is 18.3 Å². The van der Waals surface area contributed by atoms with E-state index in [-0.39, 0.29) is 10.6 Å². The van der Waals surface area contributed by atoms with Crippen LogP contribution >= 0.6 is 0 Å². The minimum Gasteiger partial charge on any atom is -0.271 e. The standard InChI is InChI=1S/C30H24FN3O3S/c1-21-14-16-24(17-15-21)38(36,37)34(29-13-7-6-12-28(29)31)20-30(35)33-32-19-27-25-10-4-2-8-22(25)18-23-9-3-5-11-26(23)27/h2-19H,20H2,1H3,(H,33,35)/b32-19-. The number of halogens is 1. The van der Waals surface area contributed by atoms with Crippen LogP contribution in [0.4, 0.5) is 10.1 Å². The Balaban J connectivity index is 1.45. The number of carbonyl (C=O) groups excluding carboxylic acids is 1. The third kappa shape index (κ3) is 4.99. The molecule has 0 radical (unpaired) electrons. The predicted molar refractivity (Wildman–Crippen MR) is 149 cm³/mol. The van der Waals surface area contributed by atoms with Gasteiger partial charge in [-0.05, 0) is 58.8 Å². The maximum absolute atomic E-state index is 14.7. The van der Waals surface area contributed by atoms with Gasteiger partial charge in [0.2, 0.25) is 0 Å². The molecule has 8 heteroatoms. The number of nitrogens with zero attached hydrogens (tertiary/aromatic N) is 2. The lowest BCUT2D eigenvalue weighted by molar-refractivity contribution is -0.119. The first kappa shape index (κ1) is 25.1. The Morgan fingerprint density at radius 3 is 2.08 bits per heavy atom. The van der Waals surface area contributed by atoms with Gasteiger partial charge in [-0.1, -0.05) is 78.4 Å². The van der Waals surface area contributed by atoms with Crippen LogP contribution in [0.5, 0.6) is 0 Å². The van der Waals surface area contributed by atoms with Crippen LogP contribution in [0.25, 0.3) is 21.5 Å². The second kappa shape index (κ2) is 10.4. The van der Waals surface area contributed by atoms with Crippen LogP contribution in [0, 0.1) is 12.7 Å². The molecular weight excluding hydrogens is 501 g/mol. The second-order valence-corrected chi connectivity index (χ2v) is 10.7. The molecule has 190 valence electrons. The van der Waals surface area contributed by atoms with E-state index in [2.05, 4.69) is 16.6 Å². The highest BCUT2D eigenvalue weighted by atomic mass is 32.2. The van der Waals surface area contributed by atoms with Crippen molar-refractivity contribution in [1.82, 2.24) is 5.43 Å². The number of nitrogens with one attached hydrogen (secondary N) is 1. The molecular formula is C30H24FN3O3S. The summed E-state index contributed by atoms with van der Waals surface area (Å²) in [6.07, 6.45) is 1.55. The van der Waals surface area contributed by atoms with E-state index in [1.165, 1.54) is 30.3 Å². The summed E-state index contributed by atoms with van der Waals surface area (Å²) in [7, 11) is -4.24. The normalized spacial score (nSPS) is 11.7. The highest BCUT2D eigenvalue weighted by Crippen LogP contribution is 2.28. The largest absolute Gasteiger partial charge is 0.271 e. The minimum atomic E-state index is -4.24. The number of hydrogen-bond donors (Lipinski definition) is 1. The summed E-state index contributed by atoms with van der Waals surface area (Å²) in [5.41, 5.74) is 3.87. The molecule has 0 aromatic heterocycles. The lowest BCUT2D eigenvalue weighted by Crippen LogP contribution is -2.40. The molecule has 0 spiro atoms. The van der Waals surface area contributed by atoms with Crippen molar-refractivity contribution in [2.24, 2.45) is 5.10 Å². The molecule has 1 N–H and O–H groups in total. The van der Waals surface area contributed by atoms with E-state index in [9.17, 15) is 17.6 Å². The molecule has 0 bridgehead atoms. The zero-order chi connectivity index (χ0) is 26.7. The minimum absolute atomic E-state index is 0.0510. The van der Waals surface area contributed by atoms with Crippen molar-refractivity contribution < 1.29 is 17.6 Å². The van der Waals surface area contributed by atoms with Gasteiger partial charge >= 0.3 is 0 Å². The molecule has 0 fully saturated rings. The van der Waals surface area contributed by atoms with Crippen LogP contribution in [0.2, 0.25) is 0 Å². The Labute approximate surface area is 220 Å². The number of anilines is 1. The number of amides is 1. The smallest absolute Gasteiger partial charge is 0.264 e. The highest BCUT2D eigenvalue weighted by Gasteiger charge is 2.29. The van der Waals surface area contributed by atoms with Gasteiger partial charge in [0.25, 0.3) is 15.9 Å². The van der Waals surface area contributed by atoms with E-state index in [0.29, 0.717) is 0 Å². The molecule has 38 heavy (non-hydrogen) atoms. The molecule has 0 atom stereocenters. The molecule has 0 unspecified atom stereocenters. The van der Waals surface area contributed by atoms with Crippen LogP contribution in [0.3, 0.4) is 0 Å². The molecule has 6 nitrogen and oxygen atoms in total. The number of hydrazone groups is 1. The molecule has 0 saturated heterocycles. The molecule has 0 saturated carbocycles. The van der Waals surface area contributed by atoms with E-state index < -0.39 is 28.3 Å². The maximum Gasteiger partial charge on any atom is 0.264 e. The van der Waals surface area contributed by atoms with E-state index in [1.807, 2.05) is 55.5 Å². The Bertz CT molecular complexity index is 1730. The first-order chi connectivity index (χ1) is 18.3. The average molecular weight is 526 g/mol. The first-order valence-electron chi connectivity index (χ1n) is 11.9. The third-order valence-electron chi connectivity index (χ3n) is 6.21. The lowest BCUT2D eigenvalue weighted by Gasteiger charge is -2.24. The summed E-state index contributed by atoms with van der Waals surface area (Å²) in [5.74, 6) is -1.48. The van der Waals surface area contributed by atoms with Crippen molar-refractivity contribution in [2.45, 2.75) is 11.8 Å². The van der Waals surface area contributed by atoms with Crippen molar-refractivity contribution in [3.8, 4) is 0 Å². The molecule has 0 aliphatic heterocycles. The van der Waals surface area contributed by atoms with Gasteiger partial charge in [-0.2, -0.15) is 5.10 Å². The van der Waals surface area contributed by atoms with Gasteiger partial charge in [0.05, 0.1) is 16.8 Å². The summed E-state index contributed by atoms with van der Waals surface area (Å²) >= 11 is 0. The number of sulfonamides is 1. The van der Waals surface area contributed by atoms with Gasteiger partial charge in [-0.15, -0.1) is 0 Å². The summed E-state index contributed by atoms with van der Waals surface area (Å²) in [4.78, 5) is 12.9. The van der Waals surface area contributed by atoms with Crippen molar-refractivity contribution in [2.75, 3.05) is 10.8 Å². The Hall–Kier alpha value is -4.56. The van der Waals surface area contributed by atoms with E-state index in [0.717, 1.165) is 43.0 Å². The highest BCUT2D eigenvalue weighted by molar-refractivity contribution is 7.92. The van der Waals surface area contributed by atoms with Gasteiger partial charge in [-0.3, -0.25) is 9.10 Å². The van der Waals surface area contributed by atoms with Gasteiger partial charge in [0, 0.05) is 5.56 Å². The number of fused-ring (bicyclic) bond motifs is 2. The summed E-state index contributed by atoms with van der Waals surface area (Å²) in [6.45, 7) is 1.17. The van der Waals surface area contributed by atoms with Crippen LogP contribution in [0.1, 0.15) is 11.1 Å². The second-order valence-electron chi connectivity index (χ2n) is 8.80. The number of para-hydroxylation sites is 1. The molecule has 0 aliphatic carbocycles. The predicted octanol–water partition coefficient (Wildman–Crippen LogP) is 5.79. The topological polar surface area (TPSA) is 78.8 Å². The molecule has 1 amide bonds. The Morgan fingerprint density at radius 1 is 0.868 bits per heavy atom. The zero-order valence-electron chi connectivity index (χ0n) is 20.5. The van der Waals surface area contributed by atoms with Crippen molar-refractivity contribution in [3.05, 3.63) is 120 Å². The fourth-order valence-electron chi connectivity index (χ4n) is 4.31. The summed E-state index contributed by atoms with van der Waals surface area (Å²) in [6, 6.07) is 29.4. The van der Waals surface area contributed by atoms with Gasteiger partial charge in [0.15, 0.2) is 0 Å². The number of benzene rings is 5. The quantitative estimate of drug-likeness (QED) is 0.166. The van der Waals surface area contributed by atoms with Crippen LogP contribution < -0.4 is 9.73 Å². The fraction of sp³-hybridized carbons (Fsp3) is 0.0667. The number of carbonyl (C=O) groups is 1. The van der Waals surface area contributed by atoms with Crippen molar-refractivity contribution in [1.29, 1.82) is 0 Å². The number of aryl methyl sites for hydroxylation is 1. The molecule has 5 rings (SSSR count). The number of rotatable bonds is 7. The summed E-state index contributed by atoms with van der Waals surface area (Å²) in [5, 5.41) is 8.10. The zero-order valence-corrected chi connectivity index (χ0v) is 21.3. The molecule has 5 aromatic carbocycles. The van der Waals surface area contributed by atoms with Gasteiger partial charge in [0.1, 0.15) is 12.4 Å². The SMILES string of the molecule is Cc1ccc(S(=O)(=O)N(CC(=O)N/N=C\c2c3ccccc3cc3ccccc23)c2ccccc2F)cc1. The van der Waals surface area contributed by atoms with E-state index in [4.69, 9.17) is 0 Å². The Kier molecular flexibility index (Phi) is 6.89. The fourth-order valence-corrected chi connectivity index (χ4v) is 5.74. The van der Waals surface area contributed by atoms with Crippen molar-refractivity contribution >= 4 is 49.4 Å². The number of hydrogen-bond acceptors (Lipinski definition) is 4. The van der Waals surface area contributed by atoms with E-state index >= 15 is 0 Å². The van der Waals surface area contributed by atoms with Gasteiger partial charge < -0.3 is 0 Å². The molecule has 0 heterocycles. The summed E-state index contributed by atoms with van der Waals surface area (Å²) < 4.78 is 42.4. The Morgan fingerprint density at radius 2 is 1.45 bits per heavy atom. The van der Waals surface area contributed by atoms with Crippen molar-refractivity contribution in [3.63, 3.8) is 0 Å². The average Bonchev–Trinajstić information content (AvgIpc) is 2.92.